The van der Waals surface area contributed by atoms with Crippen LogP contribution in [0.15, 0.2) is 85.5 Å². The van der Waals surface area contributed by atoms with Crippen molar-refractivity contribution in [3.8, 4) is 17.4 Å². The molecule has 2 fully saturated rings. The van der Waals surface area contributed by atoms with Gasteiger partial charge in [-0.15, -0.1) is 13.2 Å². The zero-order valence-electron chi connectivity index (χ0n) is 22.9. The fraction of sp³-hybridized carbons (Fsp3) is 0.323. The molecule has 0 spiro atoms. The summed E-state index contributed by atoms with van der Waals surface area (Å²) in [5, 5.41) is 0. The zero-order chi connectivity index (χ0) is 29.3. The monoisotopic (exact) mass is 577 g/mol. The van der Waals surface area contributed by atoms with Crippen LogP contribution in [0.5, 0.6) is 17.4 Å². The number of rotatable bonds is 10. The van der Waals surface area contributed by atoms with Crippen molar-refractivity contribution in [3.05, 3.63) is 102 Å². The molecule has 1 aliphatic carbocycles. The number of hydrogen-bond acceptors (Lipinski definition) is 6. The van der Waals surface area contributed by atoms with Crippen molar-refractivity contribution in [3.63, 3.8) is 0 Å². The van der Waals surface area contributed by atoms with E-state index in [2.05, 4.69) is 19.6 Å². The van der Waals surface area contributed by atoms with Crippen molar-refractivity contribution >= 4 is 5.91 Å². The number of benzene rings is 2. The molecule has 2 aromatic heterocycles. The molecule has 2 aliphatic rings. The van der Waals surface area contributed by atoms with Crippen molar-refractivity contribution in [2.24, 2.45) is 24.8 Å². The molecule has 2 unspecified atom stereocenters. The molecule has 6 rings (SSSR count). The van der Waals surface area contributed by atoms with Gasteiger partial charge in [0.15, 0.2) is 0 Å². The van der Waals surface area contributed by atoms with Crippen molar-refractivity contribution < 1.29 is 27.4 Å². The molecule has 42 heavy (non-hydrogen) atoms. The number of imidazole rings is 1. The standard InChI is InChI=1S/C31H30F3N5O3/c1-37-19-28(36-20-37)30(40)39(15-21-6-5-9-24(12-21)42-31(32,33)34)18-27-25-16-38(17-26(25)27)14-22-10-11-29(35-13-22)41-23-7-3-2-4-8-23/h2-13,19-20,25-27H,14-18H2,1H3. The van der Waals surface area contributed by atoms with E-state index < -0.39 is 6.36 Å². The second-order valence-corrected chi connectivity index (χ2v) is 10.9. The van der Waals surface area contributed by atoms with Crippen molar-refractivity contribution in [1.29, 1.82) is 0 Å². The van der Waals surface area contributed by atoms with Gasteiger partial charge in [0.05, 0.1) is 6.33 Å². The number of carbonyl (C=O) groups is 1. The van der Waals surface area contributed by atoms with Gasteiger partial charge in [-0.05, 0) is 53.1 Å². The number of para-hydroxylation sites is 1. The van der Waals surface area contributed by atoms with Crippen LogP contribution in [0.25, 0.3) is 0 Å². The Morgan fingerprint density at radius 1 is 0.976 bits per heavy atom. The second kappa shape index (κ2) is 11.5. The average Bonchev–Trinajstić information content (AvgIpc) is 3.26. The van der Waals surface area contributed by atoms with Gasteiger partial charge in [0.25, 0.3) is 5.91 Å². The minimum absolute atomic E-state index is 0.160. The second-order valence-electron chi connectivity index (χ2n) is 10.9. The Morgan fingerprint density at radius 2 is 1.74 bits per heavy atom. The average molecular weight is 578 g/mol. The van der Waals surface area contributed by atoms with Gasteiger partial charge >= 0.3 is 6.36 Å². The lowest BCUT2D eigenvalue weighted by Crippen LogP contribution is -2.35. The minimum Gasteiger partial charge on any atom is -0.439 e. The number of amides is 1. The molecule has 1 saturated heterocycles. The summed E-state index contributed by atoms with van der Waals surface area (Å²) in [6.45, 7) is 3.28. The predicted molar refractivity (Wildman–Crippen MR) is 148 cm³/mol. The first-order chi connectivity index (χ1) is 20.2. The van der Waals surface area contributed by atoms with Crippen LogP contribution < -0.4 is 9.47 Å². The Bertz CT molecular complexity index is 1510. The third-order valence-electron chi connectivity index (χ3n) is 7.76. The Kier molecular flexibility index (Phi) is 7.59. The van der Waals surface area contributed by atoms with Crippen LogP contribution >= 0.6 is 0 Å². The number of aromatic nitrogens is 3. The number of aryl methyl sites for hydroxylation is 1. The van der Waals surface area contributed by atoms with Gasteiger partial charge in [-0.3, -0.25) is 9.69 Å². The highest BCUT2D eigenvalue weighted by molar-refractivity contribution is 5.92. The number of pyridine rings is 1. The van der Waals surface area contributed by atoms with E-state index in [1.165, 1.54) is 18.2 Å². The van der Waals surface area contributed by atoms with E-state index in [4.69, 9.17) is 4.74 Å². The number of likely N-dealkylation sites (tertiary alicyclic amines) is 1. The number of hydrogen-bond donors (Lipinski definition) is 0. The summed E-state index contributed by atoms with van der Waals surface area (Å²) >= 11 is 0. The van der Waals surface area contributed by atoms with Crippen molar-refractivity contribution in [1.82, 2.24) is 24.3 Å². The highest BCUT2D eigenvalue weighted by atomic mass is 19.4. The number of piperidine rings is 1. The Hall–Kier alpha value is -4.38. The molecule has 2 aromatic carbocycles. The van der Waals surface area contributed by atoms with Gasteiger partial charge in [-0.2, -0.15) is 0 Å². The van der Waals surface area contributed by atoms with Crippen LogP contribution in [-0.4, -0.2) is 56.2 Å². The van der Waals surface area contributed by atoms with Crippen LogP contribution in [0.4, 0.5) is 13.2 Å². The summed E-state index contributed by atoms with van der Waals surface area (Å²) < 4.78 is 49.8. The molecular weight excluding hydrogens is 547 g/mol. The molecule has 218 valence electrons. The fourth-order valence-electron chi connectivity index (χ4n) is 5.79. The molecule has 1 amide bonds. The number of alkyl halides is 3. The fourth-order valence-corrected chi connectivity index (χ4v) is 5.79. The maximum absolute atomic E-state index is 13.4. The van der Waals surface area contributed by atoms with Crippen LogP contribution in [0.1, 0.15) is 21.6 Å². The number of halogens is 3. The van der Waals surface area contributed by atoms with Crippen molar-refractivity contribution in [2.45, 2.75) is 19.5 Å². The predicted octanol–water partition coefficient (Wildman–Crippen LogP) is 5.53. The molecule has 0 radical (unpaired) electrons. The number of carbonyl (C=O) groups excluding carboxylic acids is 1. The molecule has 0 N–H and O–H groups in total. The van der Waals surface area contributed by atoms with E-state index in [-0.39, 0.29) is 18.2 Å². The maximum atomic E-state index is 13.4. The van der Waals surface area contributed by atoms with Crippen LogP contribution in [-0.2, 0) is 20.1 Å². The minimum atomic E-state index is -4.78. The zero-order valence-corrected chi connectivity index (χ0v) is 22.9. The molecule has 1 aliphatic heterocycles. The van der Waals surface area contributed by atoms with E-state index in [0.717, 1.165) is 30.9 Å². The highest BCUT2D eigenvalue weighted by Crippen LogP contribution is 2.52. The smallest absolute Gasteiger partial charge is 0.439 e. The van der Waals surface area contributed by atoms with Gasteiger partial charge in [0, 0.05) is 58.2 Å². The summed E-state index contributed by atoms with van der Waals surface area (Å²) in [5.74, 6) is 1.96. The molecule has 1 saturated carbocycles. The first-order valence-electron chi connectivity index (χ1n) is 13.7. The molecule has 8 nitrogen and oxygen atoms in total. The van der Waals surface area contributed by atoms with Crippen molar-refractivity contribution in [2.75, 3.05) is 19.6 Å². The van der Waals surface area contributed by atoms with Gasteiger partial charge in [0.1, 0.15) is 17.2 Å². The summed E-state index contributed by atoms with van der Waals surface area (Å²) in [7, 11) is 1.78. The molecule has 4 aromatic rings. The van der Waals surface area contributed by atoms with Gasteiger partial charge in [0.2, 0.25) is 5.88 Å². The van der Waals surface area contributed by atoms with Crippen LogP contribution in [0.2, 0.25) is 0 Å². The molecule has 11 heteroatoms. The lowest BCUT2D eigenvalue weighted by Gasteiger charge is -2.25. The number of fused-ring (bicyclic) bond motifs is 1. The van der Waals surface area contributed by atoms with Gasteiger partial charge in [-0.25, -0.2) is 9.97 Å². The molecule has 3 heterocycles. The Balaban J connectivity index is 1.06. The third kappa shape index (κ3) is 6.73. The maximum Gasteiger partial charge on any atom is 0.573 e. The molecule has 0 bridgehead atoms. The summed E-state index contributed by atoms with van der Waals surface area (Å²) in [6.07, 6.45) is 0.261. The van der Waals surface area contributed by atoms with E-state index in [1.807, 2.05) is 48.7 Å². The SMILES string of the molecule is Cn1cnc(C(=O)N(Cc2cccc(OC(F)(F)F)c2)CC2C3CN(Cc4ccc(Oc5ccccc5)nc4)CC32)c1. The lowest BCUT2D eigenvalue weighted by molar-refractivity contribution is -0.274. The Labute approximate surface area is 241 Å². The lowest BCUT2D eigenvalue weighted by atomic mass is 10.1. The topological polar surface area (TPSA) is 72.7 Å². The first-order valence-corrected chi connectivity index (χ1v) is 13.7. The number of nitrogens with zero attached hydrogens (tertiary/aromatic N) is 5. The van der Waals surface area contributed by atoms with Crippen LogP contribution in [0, 0.1) is 17.8 Å². The quantitative estimate of drug-likeness (QED) is 0.247. The van der Waals surface area contributed by atoms with E-state index in [0.29, 0.717) is 41.4 Å². The largest absolute Gasteiger partial charge is 0.573 e. The Morgan fingerprint density at radius 3 is 2.40 bits per heavy atom. The third-order valence-corrected chi connectivity index (χ3v) is 7.76. The summed E-state index contributed by atoms with van der Waals surface area (Å²) in [4.78, 5) is 26.2. The first kappa shape index (κ1) is 27.8. The summed E-state index contributed by atoms with van der Waals surface area (Å²) in [6, 6.07) is 19.2. The van der Waals surface area contributed by atoms with E-state index >= 15 is 0 Å². The highest BCUT2D eigenvalue weighted by Gasteiger charge is 2.56. The summed E-state index contributed by atoms with van der Waals surface area (Å²) in [5.41, 5.74) is 1.96. The normalized spacial score (nSPS) is 19.8. The van der Waals surface area contributed by atoms with E-state index in [9.17, 15) is 18.0 Å². The van der Waals surface area contributed by atoms with Gasteiger partial charge in [-0.1, -0.05) is 36.4 Å². The van der Waals surface area contributed by atoms with Crippen LogP contribution in [0.3, 0.4) is 0 Å². The molecule has 2 atom stereocenters. The van der Waals surface area contributed by atoms with Gasteiger partial charge < -0.3 is 18.9 Å². The van der Waals surface area contributed by atoms with E-state index in [1.54, 1.807) is 35.1 Å². The number of ether oxygens (including phenoxy) is 2. The molecular formula is C31H30F3N5O3.